The van der Waals surface area contributed by atoms with Gasteiger partial charge in [-0.3, -0.25) is 0 Å². The van der Waals surface area contributed by atoms with E-state index in [1.807, 2.05) is 0 Å². The van der Waals surface area contributed by atoms with Crippen molar-refractivity contribution in [2.75, 3.05) is 0 Å². The fourth-order valence-corrected chi connectivity index (χ4v) is 1.70. The molecule has 0 spiro atoms. The molecule has 1 aromatic rings. The van der Waals surface area contributed by atoms with Crippen molar-refractivity contribution in [1.29, 1.82) is 0 Å². The van der Waals surface area contributed by atoms with Crippen LogP contribution < -0.4 is 5.32 Å². The molecular formula is C13H15N. The predicted molar refractivity (Wildman–Crippen MR) is 60.9 cm³/mol. The topological polar surface area (TPSA) is 12.0 Å². The zero-order valence-electron chi connectivity index (χ0n) is 8.62. The number of hydrogen-bond acceptors (Lipinski definition) is 1. The molecule has 1 atom stereocenters. The maximum absolute atomic E-state index is 3.45. The molecular weight excluding hydrogens is 170 g/mol. The third-order valence-corrected chi connectivity index (χ3v) is 2.48. The highest BCUT2D eigenvalue weighted by molar-refractivity contribution is 5.69. The summed E-state index contributed by atoms with van der Waals surface area (Å²) in [6, 6.07) is 8.87. The molecule has 1 aliphatic rings. The highest BCUT2D eigenvalue weighted by Gasteiger charge is 2.08. The Morgan fingerprint density at radius 1 is 1.21 bits per heavy atom. The van der Waals surface area contributed by atoms with Crippen LogP contribution in [0.2, 0.25) is 0 Å². The van der Waals surface area contributed by atoms with Gasteiger partial charge in [-0.15, -0.1) is 0 Å². The summed E-state index contributed by atoms with van der Waals surface area (Å²) in [4.78, 5) is 0. The first-order chi connectivity index (χ1) is 6.77. The molecule has 1 aliphatic heterocycles. The number of nitrogens with one attached hydrogen (secondary N) is 1. The molecule has 1 nitrogen and oxygen atoms in total. The molecule has 0 aromatic heterocycles. The van der Waals surface area contributed by atoms with Gasteiger partial charge in [0.05, 0.1) is 0 Å². The highest BCUT2D eigenvalue weighted by atomic mass is 14.9. The van der Waals surface area contributed by atoms with Crippen molar-refractivity contribution in [1.82, 2.24) is 5.32 Å². The molecule has 0 fully saturated rings. The van der Waals surface area contributed by atoms with Gasteiger partial charge in [0, 0.05) is 17.3 Å². The number of dihydropyridines is 1. The third kappa shape index (κ3) is 1.72. The lowest BCUT2D eigenvalue weighted by Crippen LogP contribution is -2.24. The molecule has 0 radical (unpaired) electrons. The minimum atomic E-state index is 0.426. The van der Waals surface area contributed by atoms with Crippen LogP contribution in [0.1, 0.15) is 18.1 Å². The van der Waals surface area contributed by atoms with Gasteiger partial charge in [-0.1, -0.05) is 36.4 Å². The van der Waals surface area contributed by atoms with Crippen LogP contribution in [0.15, 0.2) is 42.5 Å². The van der Waals surface area contributed by atoms with Crippen LogP contribution in [0, 0.1) is 6.92 Å². The van der Waals surface area contributed by atoms with E-state index in [4.69, 9.17) is 0 Å². The minimum Gasteiger partial charge on any atom is -0.379 e. The summed E-state index contributed by atoms with van der Waals surface area (Å²) in [7, 11) is 0. The number of benzene rings is 1. The van der Waals surface area contributed by atoms with Crippen LogP contribution in [-0.2, 0) is 0 Å². The van der Waals surface area contributed by atoms with Gasteiger partial charge in [0.25, 0.3) is 0 Å². The summed E-state index contributed by atoms with van der Waals surface area (Å²) in [6.45, 7) is 4.29. The fourth-order valence-electron chi connectivity index (χ4n) is 1.70. The number of aryl methyl sites for hydroxylation is 1. The largest absolute Gasteiger partial charge is 0.379 e. The standard InChI is InChI=1S/C13H15N/c1-10-6-3-4-8-12(10)13-9-5-7-11(2)14-13/h3-9,11,14H,1-2H3. The van der Waals surface area contributed by atoms with Crippen LogP contribution in [0.5, 0.6) is 0 Å². The van der Waals surface area contributed by atoms with E-state index in [0.717, 1.165) is 0 Å². The third-order valence-electron chi connectivity index (χ3n) is 2.48. The van der Waals surface area contributed by atoms with Crippen molar-refractivity contribution >= 4 is 5.70 Å². The summed E-state index contributed by atoms with van der Waals surface area (Å²) < 4.78 is 0. The Labute approximate surface area is 85.2 Å². The Morgan fingerprint density at radius 3 is 2.71 bits per heavy atom. The molecule has 0 saturated carbocycles. The van der Waals surface area contributed by atoms with Gasteiger partial charge in [0.15, 0.2) is 0 Å². The molecule has 1 heterocycles. The van der Waals surface area contributed by atoms with Crippen LogP contribution in [0.4, 0.5) is 0 Å². The maximum atomic E-state index is 3.45. The number of rotatable bonds is 1. The summed E-state index contributed by atoms with van der Waals surface area (Å²) >= 11 is 0. The van der Waals surface area contributed by atoms with E-state index in [1.165, 1.54) is 16.8 Å². The van der Waals surface area contributed by atoms with Gasteiger partial charge in [0.1, 0.15) is 0 Å². The Kier molecular flexibility index (Phi) is 2.40. The minimum absolute atomic E-state index is 0.426. The SMILES string of the molecule is Cc1ccccc1C1=CC=CC(C)N1. The van der Waals surface area contributed by atoms with Crippen LogP contribution >= 0.6 is 0 Å². The molecule has 1 heteroatoms. The van der Waals surface area contributed by atoms with Crippen molar-refractivity contribution in [3.05, 3.63) is 53.6 Å². The number of allylic oxidation sites excluding steroid dienone is 2. The van der Waals surface area contributed by atoms with Crippen LogP contribution in [0.3, 0.4) is 0 Å². The van der Waals surface area contributed by atoms with E-state index in [0.29, 0.717) is 6.04 Å². The average Bonchev–Trinajstić information content (AvgIpc) is 2.18. The second-order valence-electron chi connectivity index (χ2n) is 3.71. The van der Waals surface area contributed by atoms with Gasteiger partial charge in [-0.05, 0) is 25.5 Å². The second-order valence-corrected chi connectivity index (χ2v) is 3.71. The summed E-state index contributed by atoms with van der Waals surface area (Å²) in [5.41, 5.74) is 3.83. The summed E-state index contributed by atoms with van der Waals surface area (Å²) in [5, 5.41) is 3.45. The average molecular weight is 185 g/mol. The van der Waals surface area contributed by atoms with Crippen molar-refractivity contribution in [2.45, 2.75) is 19.9 Å². The molecule has 2 rings (SSSR count). The van der Waals surface area contributed by atoms with Crippen molar-refractivity contribution in [3.8, 4) is 0 Å². The zero-order valence-corrected chi connectivity index (χ0v) is 8.62. The zero-order chi connectivity index (χ0) is 9.97. The first-order valence-electron chi connectivity index (χ1n) is 4.98. The Bertz CT molecular complexity index is 388. The first-order valence-corrected chi connectivity index (χ1v) is 4.98. The second kappa shape index (κ2) is 3.70. The Hall–Kier alpha value is -1.50. The van der Waals surface area contributed by atoms with Gasteiger partial charge in [-0.25, -0.2) is 0 Å². The first kappa shape index (κ1) is 9.07. The van der Waals surface area contributed by atoms with Gasteiger partial charge < -0.3 is 5.32 Å². The molecule has 14 heavy (non-hydrogen) atoms. The van der Waals surface area contributed by atoms with Crippen molar-refractivity contribution < 1.29 is 0 Å². The van der Waals surface area contributed by atoms with Gasteiger partial charge in [0.2, 0.25) is 0 Å². The smallest absolute Gasteiger partial charge is 0.0420 e. The van der Waals surface area contributed by atoms with E-state index >= 15 is 0 Å². The predicted octanol–water partition coefficient (Wildman–Crippen LogP) is 2.88. The van der Waals surface area contributed by atoms with E-state index in [2.05, 4.69) is 61.7 Å². The lowest BCUT2D eigenvalue weighted by molar-refractivity contribution is 0.778. The molecule has 0 saturated heterocycles. The van der Waals surface area contributed by atoms with Crippen molar-refractivity contribution in [2.24, 2.45) is 0 Å². The summed E-state index contributed by atoms with van der Waals surface area (Å²) in [6.07, 6.45) is 6.40. The van der Waals surface area contributed by atoms with E-state index in [9.17, 15) is 0 Å². The molecule has 0 aliphatic carbocycles. The van der Waals surface area contributed by atoms with E-state index < -0.39 is 0 Å². The van der Waals surface area contributed by atoms with Crippen LogP contribution in [0.25, 0.3) is 5.70 Å². The fraction of sp³-hybridized carbons (Fsp3) is 0.231. The normalized spacial score (nSPS) is 20.1. The quantitative estimate of drug-likeness (QED) is 0.709. The monoisotopic (exact) mass is 185 g/mol. The highest BCUT2D eigenvalue weighted by Crippen LogP contribution is 2.18. The van der Waals surface area contributed by atoms with Crippen LogP contribution in [-0.4, -0.2) is 6.04 Å². The van der Waals surface area contributed by atoms with Gasteiger partial charge in [-0.2, -0.15) is 0 Å². The molecule has 1 N–H and O–H groups in total. The Morgan fingerprint density at radius 2 is 2.00 bits per heavy atom. The molecule has 1 unspecified atom stereocenters. The lowest BCUT2D eigenvalue weighted by Gasteiger charge is -2.19. The maximum Gasteiger partial charge on any atom is 0.0420 e. The summed E-state index contributed by atoms with van der Waals surface area (Å²) in [5.74, 6) is 0. The lowest BCUT2D eigenvalue weighted by atomic mass is 10.0. The molecule has 72 valence electrons. The molecule has 0 bridgehead atoms. The molecule has 1 aromatic carbocycles. The molecule has 0 amide bonds. The Balaban J connectivity index is 2.36. The van der Waals surface area contributed by atoms with E-state index in [-0.39, 0.29) is 0 Å². The van der Waals surface area contributed by atoms with E-state index in [1.54, 1.807) is 0 Å². The van der Waals surface area contributed by atoms with Crippen molar-refractivity contribution in [3.63, 3.8) is 0 Å². The number of hydrogen-bond donors (Lipinski definition) is 1. The van der Waals surface area contributed by atoms with Gasteiger partial charge >= 0.3 is 0 Å².